The number of carbonyl (C=O) groups is 1. The highest BCUT2D eigenvalue weighted by atomic mass is 19.1. The van der Waals surface area contributed by atoms with Crippen LogP contribution in [0.5, 0.6) is 0 Å². The van der Waals surface area contributed by atoms with E-state index in [4.69, 9.17) is 0 Å². The zero-order chi connectivity index (χ0) is 21.1. The molecular weight excluding hydrogens is 382 g/mol. The van der Waals surface area contributed by atoms with Crippen LogP contribution in [0.3, 0.4) is 0 Å². The second-order valence-electron chi connectivity index (χ2n) is 7.42. The molecule has 0 radical (unpaired) electrons. The van der Waals surface area contributed by atoms with E-state index in [0.717, 1.165) is 27.6 Å². The van der Waals surface area contributed by atoms with Crippen LogP contribution in [0.1, 0.15) is 29.0 Å². The van der Waals surface area contributed by atoms with Gasteiger partial charge in [0.15, 0.2) is 0 Å². The fourth-order valence-corrected chi connectivity index (χ4v) is 3.81. The summed E-state index contributed by atoms with van der Waals surface area (Å²) in [5, 5.41) is 3.98. The number of hydrogen-bond acceptors (Lipinski definition) is 1. The average Bonchev–Trinajstić information content (AvgIpc) is 3.09. The highest BCUT2D eigenvalue weighted by Gasteiger charge is 2.22. The molecule has 0 aliphatic carbocycles. The number of aromatic nitrogens is 1. The van der Waals surface area contributed by atoms with Crippen LogP contribution in [-0.2, 0) is 18.4 Å². The van der Waals surface area contributed by atoms with E-state index in [9.17, 15) is 13.6 Å². The van der Waals surface area contributed by atoms with Gasteiger partial charge in [-0.2, -0.15) is 0 Å². The fraction of sp³-hybridized carbons (Fsp3) is 0.160. The maximum atomic E-state index is 13.5. The summed E-state index contributed by atoms with van der Waals surface area (Å²) in [7, 11) is 1.97. The van der Waals surface area contributed by atoms with Gasteiger partial charge in [-0.05, 0) is 47.0 Å². The average molecular weight is 404 g/mol. The van der Waals surface area contributed by atoms with Crippen molar-refractivity contribution in [2.45, 2.75) is 18.9 Å². The Morgan fingerprint density at radius 1 is 0.933 bits per heavy atom. The molecule has 0 saturated carbocycles. The number of amides is 1. The topological polar surface area (TPSA) is 34.0 Å². The van der Waals surface area contributed by atoms with Crippen LogP contribution in [0.4, 0.5) is 8.78 Å². The molecule has 0 fully saturated rings. The Morgan fingerprint density at radius 2 is 1.57 bits per heavy atom. The van der Waals surface area contributed by atoms with E-state index in [-0.39, 0.29) is 29.9 Å². The molecule has 30 heavy (non-hydrogen) atoms. The summed E-state index contributed by atoms with van der Waals surface area (Å²) < 4.78 is 28.6. The number of nitrogens with zero attached hydrogens (tertiary/aromatic N) is 1. The van der Waals surface area contributed by atoms with Crippen LogP contribution in [-0.4, -0.2) is 10.5 Å². The molecule has 152 valence electrons. The van der Waals surface area contributed by atoms with Gasteiger partial charge >= 0.3 is 0 Å². The van der Waals surface area contributed by atoms with E-state index >= 15 is 0 Å². The Balaban J connectivity index is 1.61. The van der Waals surface area contributed by atoms with Gasteiger partial charge in [0, 0.05) is 43.0 Å². The summed E-state index contributed by atoms with van der Waals surface area (Å²) >= 11 is 0. The van der Waals surface area contributed by atoms with Gasteiger partial charge in [0.2, 0.25) is 5.91 Å². The van der Waals surface area contributed by atoms with Gasteiger partial charge in [-0.15, -0.1) is 0 Å². The van der Waals surface area contributed by atoms with Crippen LogP contribution in [0, 0.1) is 11.6 Å². The van der Waals surface area contributed by atoms with Gasteiger partial charge < -0.3 is 9.88 Å². The van der Waals surface area contributed by atoms with Crippen LogP contribution in [0.15, 0.2) is 79.0 Å². The minimum absolute atomic E-state index is 0.124. The Bertz CT molecular complexity index is 1160. The summed E-state index contributed by atoms with van der Waals surface area (Å²) in [6.45, 7) is 0.324. The molecule has 0 bridgehead atoms. The SMILES string of the molecule is Cn1cc(C(CC(=O)NCc2ccc(F)cc2)c2ccc(F)cc2)c2ccccc21. The quantitative estimate of drug-likeness (QED) is 0.465. The lowest BCUT2D eigenvalue weighted by molar-refractivity contribution is -0.121. The minimum Gasteiger partial charge on any atom is -0.352 e. The third-order valence-corrected chi connectivity index (χ3v) is 5.37. The van der Waals surface area contributed by atoms with Crippen molar-refractivity contribution in [1.29, 1.82) is 0 Å². The first-order valence-electron chi connectivity index (χ1n) is 9.82. The fourth-order valence-electron chi connectivity index (χ4n) is 3.81. The second kappa shape index (κ2) is 8.49. The van der Waals surface area contributed by atoms with Crippen molar-refractivity contribution in [3.8, 4) is 0 Å². The first-order chi connectivity index (χ1) is 14.5. The predicted molar refractivity (Wildman–Crippen MR) is 114 cm³/mol. The van der Waals surface area contributed by atoms with Crippen LogP contribution < -0.4 is 5.32 Å². The molecule has 1 aromatic heterocycles. The highest BCUT2D eigenvalue weighted by Crippen LogP contribution is 2.34. The number of hydrogen-bond donors (Lipinski definition) is 1. The van der Waals surface area contributed by atoms with E-state index in [0.29, 0.717) is 6.54 Å². The molecule has 4 aromatic rings. The maximum Gasteiger partial charge on any atom is 0.221 e. The summed E-state index contributed by atoms with van der Waals surface area (Å²) in [6.07, 6.45) is 2.26. The van der Waals surface area contributed by atoms with Gasteiger partial charge in [-0.1, -0.05) is 42.5 Å². The van der Waals surface area contributed by atoms with Gasteiger partial charge in [-0.25, -0.2) is 8.78 Å². The largest absolute Gasteiger partial charge is 0.352 e. The zero-order valence-corrected chi connectivity index (χ0v) is 16.6. The zero-order valence-electron chi connectivity index (χ0n) is 16.6. The molecular formula is C25H22F2N2O. The normalized spacial score (nSPS) is 12.1. The lowest BCUT2D eigenvalue weighted by Gasteiger charge is -2.17. The van der Waals surface area contributed by atoms with Gasteiger partial charge in [0.1, 0.15) is 11.6 Å². The molecule has 1 amide bonds. The first-order valence-corrected chi connectivity index (χ1v) is 9.82. The number of fused-ring (bicyclic) bond motifs is 1. The standard InChI is InChI=1S/C25H22F2N2O/c1-29-16-23(21-4-2-3-5-24(21)29)22(18-8-12-20(27)13-9-18)14-25(30)28-15-17-6-10-19(26)11-7-17/h2-13,16,22H,14-15H2,1H3,(H,28,30). The van der Waals surface area contributed by atoms with Crippen molar-refractivity contribution in [1.82, 2.24) is 9.88 Å². The maximum absolute atomic E-state index is 13.5. The molecule has 0 spiro atoms. The number of aryl methyl sites for hydroxylation is 1. The summed E-state index contributed by atoms with van der Waals surface area (Å²) in [5.74, 6) is -0.958. The molecule has 5 heteroatoms. The van der Waals surface area contributed by atoms with Crippen molar-refractivity contribution < 1.29 is 13.6 Å². The van der Waals surface area contributed by atoms with Crippen LogP contribution in [0.25, 0.3) is 10.9 Å². The number of para-hydroxylation sites is 1. The lowest BCUT2D eigenvalue weighted by atomic mass is 9.88. The Kier molecular flexibility index (Phi) is 5.61. The summed E-state index contributed by atoms with van der Waals surface area (Å²) in [6, 6.07) is 20.4. The molecule has 1 N–H and O–H groups in total. The molecule has 0 aliphatic heterocycles. The van der Waals surface area contributed by atoms with Gasteiger partial charge in [0.25, 0.3) is 0 Å². The molecule has 0 aliphatic rings. The van der Waals surface area contributed by atoms with Crippen LogP contribution in [0.2, 0.25) is 0 Å². The predicted octanol–water partition coefficient (Wildman–Crippen LogP) is 5.29. The summed E-state index contributed by atoms with van der Waals surface area (Å²) in [4.78, 5) is 12.8. The van der Waals surface area contributed by atoms with Crippen molar-refractivity contribution in [3.05, 3.63) is 107 Å². The van der Waals surface area contributed by atoms with E-state index in [2.05, 4.69) is 5.32 Å². The Labute approximate surface area is 174 Å². The molecule has 1 atom stereocenters. The number of benzene rings is 3. The van der Waals surface area contributed by atoms with Crippen molar-refractivity contribution in [2.75, 3.05) is 0 Å². The van der Waals surface area contributed by atoms with Crippen molar-refractivity contribution in [2.24, 2.45) is 7.05 Å². The number of carbonyl (C=O) groups excluding carboxylic acids is 1. The monoisotopic (exact) mass is 404 g/mol. The van der Waals surface area contributed by atoms with Crippen molar-refractivity contribution >= 4 is 16.8 Å². The molecule has 3 aromatic carbocycles. The molecule has 0 saturated heterocycles. The molecule has 3 nitrogen and oxygen atoms in total. The lowest BCUT2D eigenvalue weighted by Crippen LogP contribution is -2.25. The molecule has 1 heterocycles. The van der Waals surface area contributed by atoms with Crippen LogP contribution >= 0.6 is 0 Å². The third kappa shape index (κ3) is 4.25. The highest BCUT2D eigenvalue weighted by molar-refractivity contribution is 5.86. The van der Waals surface area contributed by atoms with E-state index in [1.807, 2.05) is 42.1 Å². The van der Waals surface area contributed by atoms with Gasteiger partial charge in [0.05, 0.1) is 0 Å². The Hall–Kier alpha value is -3.47. The van der Waals surface area contributed by atoms with Crippen molar-refractivity contribution in [3.63, 3.8) is 0 Å². The smallest absolute Gasteiger partial charge is 0.221 e. The number of nitrogens with one attached hydrogen (secondary N) is 1. The number of halogens is 2. The molecule has 4 rings (SSSR count). The molecule has 1 unspecified atom stereocenters. The summed E-state index contributed by atoms with van der Waals surface area (Å²) in [5.41, 5.74) is 3.81. The second-order valence-corrected chi connectivity index (χ2v) is 7.42. The number of rotatable bonds is 6. The third-order valence-electron chi connectivity index (χ3n) is 5.37. The van der Waals surface area contributed by atoms with E-state index in [1.54, 1.807) is 24.3 Å². The van der Waals surface area contributed by atoms with Gasteiger partial charge in [-0.3, -0.25) is 4.79 Å². The first kappa shape index (κ1) is 19.8. The minimum atomic E-state index is -0.309. The van der Waals surface area contributed by atoms with E-state index in [1.165, 1.54) is 24.3 Å². The Morgan fingerprint density at radius 3 is 2.27 bits per heavy atom. The van der Waals surface area contributed by atoms with E-state index < -0.39 is 0 Å².